The number of hydrogen-bond acceptors (Lipinski definition) is 4. The highest BCUT2D eigenvalue weighted by Gasteiger charge is 2.17. The van der Waals surface area contributed by atoms with Gasteiger partial charge in [-0.15, -0.1) is 0 Å². The SMILES string of the molecule is CCOC(=O)CCc1cc(Br)cc(C(O)C(=O)O)c1. The second kappa shape index (κ2) is 7.25. The standard InChI is InChI=1S/C13H15BrO5/c1-2-19-11(15)4-3-8-5-9(7-10(14)6-8)12(16)13(17)18/h5-7,12,16H,2-4H2,1H3,(H,17,18). The summed E-state index contributed by atoms with van der Waals surface area (Å²) < 4.78 is 5.47. The van der Waals surface area contributed by atoms with Crippen LogP contribution < -0.4 is 0 Å². The van der Waals surface area contributed by atoms with Gasteiger partial charge in [0.1, 0.15) is 0 Å². The molecule has 0 aromatic heterocycles. The van der Waals surface area contributed by atoms with Gasteiger partial charge in [-0.1, -0.05) is 22.0 Å². The predicted octanol–water partition coefficient (Wildman–Crippen LogP) is 2.06. The summed E-state index contributed by atoms with van der Waals surface area (Å²) >= 11 is 3.25. The summed E-state index contributed by atoms with van der Waals surface area (Å²) in [5, 5.41) is 18.3. The first-order chi connectivity index (χ1) is 8.93. The Morgan fingerprint density at radius 1 is 1.37 bits per heavy atom. The van der Waals surface area contributed by atoms with Crippen molar-refractivity contribution >= 4 is 27.9 Å². The van der Waals surface area contributed by atoms with E-state index in [1.165, 1.54) is 6.07 Å². The minimum absolute atomic E-state index is 0.215. The number of carbonyl (C=O) groups is 2. The number of ether oxygens (including phenoxy) is 1. The van der Waals surface area contributed by atoms with Crippen molar-refractivity contribution in [1.82, 2.24) is 0 Å². The molecule has 1 aromatic rings. The third-order valence-corrected chi connectivity index (χ3v) is 2.91. The Morgan fingerprint density at radius 3 is 2.63 bits per heavy atom. The maximum atomic E-state index is 11.3. The van der Waals surface area contributed by atoms with Gasteiger partial charge in [0.05, 0.1) is 6.61 Å². The largest absolute Gasteiger partial charge is 0.479 e. The molecule has 104 valence electrons. The summed E-state index contributed by atoms with van der Waals surface area (Å²) in [7, 11) is 0. The normalized spacial score (nSPS) is 11.9. The molecular formula is C13H15BrO5. The van der Waals surface area contributed by atoms with E-state index in [0.29, 0.717) is 17.5 Å². The molecule has 0 aliphatic rings. The molecular weight excluding hydrogens is 316 g/mol. The molecule has 0 saturated carbocycles. The summed E-state index contributed by atoms with van der Waals surface area (Å²) in [4.78, 5) is 22.0. The lowest BCUT2D eigenvalue weighted by molar-refractivity contribution is -0.147. The lowest BCUT2D eigenvalue weighted by atomic mass is 10.0. The van der Waals surface area contributed by atoms with Crippen LogP contribution in [0.4, 0.5) is 0 Å². The average molecular weight is 331 g/mol. The molecule has 0 radical (unpaired) electrons. The number of carboxylic acid groups (broad SMARTS) is 1. The molecule has 1 aromatic carbocycles. The number of aliphatic carboxylic acids is 1. The fourth-order valence-corrected chi connectivity index (χ4v) is 2.16. The molecule has 2 N–H and O–H groups in total. The molecule has 0 heterocycles. The number of halogens is 1. The number of aryl methyl sites for hydroxylation is 1. The lowest BCUT2D eigenvalue weighted by Gasteiger charge is -2.09. The molecule has 0 bridgehead atoms. The molecule has 19 heavy (non-hydrogen) atoms. The summed E-state index contributed by atoms with van der Waals surface area (Å²) in [6, 6.07) is 4.88. The van der Waals surface area contributed by atoms with Crippen molar-refractivity contribution in [1.29, 1.82) is 0 Å². The van der Waals surface area contributed by atoms with Crippen molar-refractivity contribution in [2.75, 3.05) is 6.61 Å². The minimum Gasteiger partial charge on any atom is -0.479 e. The molecule has 5 nitrogen and oxygen atoms in total. The first-order valence-corrected chi connectivity index (χ1v) is 6.59. The van der Waals surface area contributed by atoms with E-state index < -0.39 is 12.1 Å². The third-order valence-electron chi connectivity index (χ3n) is 2.45. The highest BCUT2D eigenvalue weighted by Crippen LogP contribution is 2.22. The van der Waals surface area contributed by atoms with Crippen molar-refractivity contribution < 1.29 is 24.5 Å². The number of esters is 1. The minimum atomic E-state index is -1.57. The molecule has 0 amide bonds. The van der Waals surface area contributed by atoms with Crippen LogP contribution in [-0.4, -0.2) is 28.8 Å². The van der Waals surface area contributed by atoms with Gasteiger partial charge < -0.3 is 14.9 Å². The van der Waals surface area contributed by atoms with E-state index in [0.717, 1.165) is 5.56 Å². The van der Waals surface area contributed by atoms with E-state index >= 15 is 0 Å². The Labute approximate surface area is 119 Å². The molecule has 1 rings (SSSR count). The van der Waals surface area contributed by atoms with Crippen LogP contribution in [0.3, 0.4) is 0 Å². The summed E-state index contributed by atoms with van der Waals surface area (Å²) in [6.45, 7) is 2.07. The highest BCUT2D eigenvalue weighted by atomic mass is 79.9. The number of rotatable bonds is 6. The topological polar surface area (TPSA) is 83.8 Å². The number of hydrogen-bond donors (Lipinski definition) is 2. The van der Waals surface area contributed by atoms with Gasteiger partial charge in [-0.25, -0.2) is 4.79 Å². The van der Waals surface area contributed by atoms with Crippen LogP contribution in [-0.2, 0) is 20.7 Å². The quantitative estimate of drug-likeness (QED) is 0.780. The number of aliphatic hydroxyl groups excluding tert-OH is 1. The van der Waals surface area contributed by atoms with Crippen molar-refractivity contribution in [2.24, 2.45) is 0 Å². The second-order valence-electron chi connectivity index (χ2n) is 3.94. The Hall–Kier alpha value is -1.40. The Morgan fingerprint density at radius 2 is 2.05 bits per heavy atom. The van der Waals surface area contributed by atoms with E-state index in [1.807, 2.05) is 0 Å². The van der Waals surface area contributed by atoms with E-state index in [-0.39, 0.29) is 18.0 Å². The van der Waals surface area contributed by atoms with Gasteiger partial charge in [0, 0.05) is 10.9 Å². The maximum absolute atomic E-state index is 11.3. The first-order valence-electron chi connectivity index (χ1n) is 5.80. The van der Waals surface area contributed by atoms with Crippen molar-refractivity contribution in [2.45, 2.75) is 25.9 Å². The number of benzene rings is 1. The second-order valence-corrected chi connectivity index (χ2v) is 4.85. The van der Waals surface area contributed by atoms with Gasteiger partial charge in [0.2, 0.25) is 0 Å². The summed E-state index contributed by atoms with van der Waals surface area (Å²) in [6.07, 6.45) is -0.927. The van der Waals surface area contributed by atoms with Gasteiger partial charge in [0.15, 0.2) is 6.10 Å². The zero-order valence-electron chi connectivity index (χ0n) is 10.4. The highest BCUT2D eigenvalue weighted by molar-refractivity contribution is 9.10. The number of carbonyl (C=O) groups excluding carboxylic acids is 1. The zero-order chi connectivity index (χ0) is 14.4. The van der Waals surface area contributed by atoms with Crippen LogP contribution in [0.1, 0.15) is 30.6 Å². The van der Waals surface area contributed by atoms with E-state index in [4.69, 9.17) is 9.84 Å². The molecule has 6 heteroatoms. The maximum Gasteiger partial charge on any atom is 0.337 e. The van der Waals surface area contributed by atoms with Crippen LogP contribution in [0.2, 0.25) is 0 Å². The smallest absolute Gasteiger partial charge is 0.337 e. The van der Waals surface area contributed by atoms with Crippen LogP contribution in [0.5, 0.6) is 0 Å². The van der Waals surface area contributed by atoms with Crippen LogP contribution >= 0.6 is 15.9 Å². The number of aliphatic hydroxyl groups is 1. The molecule has 0 saturated heterocycles. The van der Waals surface area contributed by atoms with Crippen LogP contribution in [0, 0.1) is 0 Å². The van der Waals surface area contributed by atoms with E-state index in [2.05, 4.69) is 15.9 Å². The lowest BCUT2D eigenvalue weighted by Crippen LogP contribution is -2.11. The predicted molar refractivity (Wildman–Crippen MR) is 71.7 cm³/mol. The molecule has 0 aliphatic heterocycles. The fraction of sp³-hybridized carbons (Fsp3) is 0.385. The van der Waals surface area contributed by atoms with Gasteiger partial charge in [-0.3, -0.25) is 4.79 Å². The molecule has 1 unspecified atom stereocenters. The molecule has 0 spiro atoms. The van der Waals surface area contributed by atoms with Gasteiger partial charge in [0.25, 0.3) is 0 Å². The number of carboxylic acids is 1. The Kier molecular flexibility index (Phi) is 5.98. The summed E-state index contributed by atoms with van der Waals surface area (Å²) in [5.74, 6) is -1.61. The molecule has 0 fully saturated rings. The molecule has 1 atom stereocenters. The van der Waals surface area contributed by atoms with Gasteiger partial charge in [-0.2, -0.15) is 0 Å². The van der Waals surface area contributed by atoms with Crippen molar-refractivity contribution in [3.63, 3.8) is 0 Å². The monoisotopic (exact) mass is 330 g/mol. The molecule has 0 aliphatic carbocycles. The Bertz CT molecular complexity index is 472. The zero-order valence-corrected chi connectivity index (χ0v) is 12.0. The Balaban J connectivity index is 2.79. The van der Waals surface area contributed by atoms with Gasteiger partial charge >= 0.3 is 11.9 Å². The van der Waals surface area contributed by atoms with E-state index in [9.17, 15) is 14.7 Å². The third kappa shape index (κ3) is 5.00. The fourth-order valence-electron chi connectivity index (χ4n) is 1.60. The van der Waals surface area contributed by atoms with E-state index in [1.54, 1.807) is 19.1 Å². The van der Waals surface area contributed by atoms with Crippen molar-refractivity contribution in [3.05, 3.63) is 33.8 Å². The van der Waals surface area contributed by atoms with Crippen LogP contribution in [0.15, 0.2) is 22.7 Å². The summed E-state index contributed by atoms with van der Waals surface area (Å²) in [5.41, 5.74) is 1.04. The van der Waals surface area contributed by atoms with Crippen LogP contribution in [0.25, 0.3) is 0 Å². The first kappa shape index (κ1) is 15.7. The van der Waals surface area contributed by atoms with Crippen molar-refractivity contribution in [3.8, 4) is 0 Å². The average Bonchev–Trinajstić information content (AvgIpc) is 2.35. The van der Waals surface area contributed by atoms with Gasteiger partial charge in [-0.05, 0) is 36.6 Å².